The van der Waals surface area contributed by atoms with Crippen LogP contribution in [0.1, 0.15) is 34.6 Å². The number of azide groups is 1. The molecule has 5 heterocycles. The van der Waals surface area contributed by atoms with E-state index in [1.165, 1.54) is 11.3 Å². The molecule has 6 rings (SSSR count). The van der Waals surface area contributed by atoms with E-state index in [4.69, 9.17) is 14.2 Å². The molecule has 6 atom stereocenters. The van der Waals surface area contributed by atoms with Crippen LogP contribution in [0.3, 0.4) is 0 Å². The molecule has 2 saturated heterocycles. The lowest BCUT2D eigenvalue weighted by atomic mass is 9.91. The fraction of sp³-hybridized carbons (Fsp3) is 0.391. The zero-order chi connectivity index (χ0) is 24.8. The van der Waals surface area contributed by atoms with Crippen molar-refractivity contribution in [3.8, 4) is 5.69 Å². The molecule has 12 nitrogen and oxygen atoms in total. The van der Waals surface area contributed by atoms with E-state index in [0.29, 0.717) is 23.0 Å². The summed E-state index contributed by atoms with van der Waals surface area (Å²) in [5, 5.41) is 20.7. The molecule has 36 heavy (non-hydrogen) atoms. The van der Waals surface area contributed by atoms with Crippen LogP contribution < -0.4 is 0 Å². The third kappa shape index (κ3) is 4.01. The first-order chi connectivity index (χ1) is 17.5. The van der Waals surface area contributed by atoms with Crippen LogP contribution in [0.25, 0.3) is 26.5 Å². The molecule has 0 bridgehead atoms. The molecule has 1 N–H and O–H groups in total. The Morgan fingerprint density at radius 1 is 1.19 bits per heavy atom. The highest BCUT2D eigenvalue weighted by Crippen LogP contribution is 2.40. The number of pyridine rings is 1. The van der Waals surface area contributed by atoms with E-state index in [1.807, 2.05) is 43.3 Å². The Balaban J connectivity index is 1.34. The van der Waals surface area contributed by atoms with E-state index >= 15 is 0 Å². The van der Waals surface area contributed by atoms with Gasteiger partial charge in [0.05, 0.1) is 40.3 Å². The zero-order valence-corrected chi connectivity index (χ0v) is 20.2. The summed E-state index contributed by atoms with van der Waals surface area (Å²) in [6.45, 7) is 3.86. The van der Waals surface area contributed by atoms with Gasteiger partial charge in [0.15, 0.2) is 17.8 Å². The van der Waals surface area contributed by atoms with Crippen LogP contribution >= 0.6 is 11.3 Å². The van der Waals surface area contributed by atoms with Crippen molar-refractivity contribution < 1.29 is 19.3 Å². The monoisotopic (exact) mass is 506 g/mol. The third-order valence-electron chi connectivity index (χ3n) is 6.21. The number of rotatable bonds is 4. The van der Waals surface area contributed by atoms with Crippen LogP contribution in [0.15, 0.2) is 47.7 Å². The second-order valence-electron chi connectivity index (χ2n) is 8.64. The van der Waals surface area contributed by atoms with Gasteiger partial charge in [-0.15, -0.1) is 11.3 Å². The number of hydrogen-bond acceptors (Lipinski definition) is 10. The summed E-state index contributed by atoms with van der Waals surface area (Å²) in [4.78, 5) is 16.4. The van der Waals surface area contributed by atoms with Gasteiger partial charge in [0.1, 0.15) is 24.1 Å². The number of benzene rings is 1. The molecular weight excluding hydrogens is 484 g/mol. The van der Waals surface area contributed by atoms with Gasteiger partial charge in [0, 0.05) is 10.5 Å². The van der Waals surface area contributed by atoms with Crippen LogP contribution in [-0.4, -0.2) is 60.8 Å². The smallest absolute Gasteiger partial charge is 0.184 e. The number of aliphatic hydroxyl groups excluding tert-OH is 1. The van der Waals surface area contributed by atoms with Crippen LogP contribution in [0.4, 0.5) is 0 Å². The summed E-state index contributed by atoms with van der Waals surface area (Å²) in [6, 6.07) is 10.4. The number of hydrogen-bond donors (Lipinski definition) is 1. The highest BCUT2D eigenvalue weighted by atomic mass is 32.1. The molecule has 3 aromatic heterocycles. The number of aromatic nitrogens is 5. The summed E-state index contributed by atoms with van der Waals surface area (Å²) in [5.74, 6) is 0.855. The number of nitrogens with zero attached hydrogens (tertiary/aromatic N) is 8. The molecule has 2 aliphatic heterocycles. The molecule has 184 valence electrons. The fourth-order valence-corrected chi connectivity index (χ4v) is 5.46. The minimum atomic E-state index is -1.23. The highest BCUT2D eigenvalue weighted by Gasteiger charge is 2.51. The SMILES string of the molecule is Cc1nc([C@@H]2OC3COC(c4ccccc4)O[C@@H]3[C@H](N=[N+]=[N-])C2O)n(-c2cnc3nc(C)sc3c2)n1. The molecular formula is C23H22N8O4S. The Bertz CT molecular complexity index is 1450. The average Bonchev–Trinajstić information content (AvgIpc) is 3.46. The van der Waals surface area contributed by atoms with Crippen molar-refractivity contribution in [1.82, 2.24) is 24.7 Å². The van der Waals surface area contributed by atoms with Gasteiger partial charge in [-0.1, -0.05) is 35.4 Å². The van der Waals surface area contributed by atoms with Crippen molar-refractivity contribution >= 4 is 21.7 Å². The minimum Gasteiger partial charge on any atom is -0.389 e. The van der Waals surface area contributed by atoms with E-state index in [-0.39, 0.29) is 6.61 Å². The lowest BCUT2D eigenvalue weighted by molar-refractivity contribution is -0.309. The third-order valence-corrected chi connectivity index (χ3v) is 7.12. The van der Waals surface area contributed by atoms with Crippen molar-refractivity contribution in [3.05, 3.63) is 75.3 Å². The average molecular weight is 507 g/mol. The maximum absolute atomic E-state index is 11.3. The van der Waals surface area contributed by atoms with E-state index in [1.54, 1.807) is 17.8 Å². The van der Waals surface area contributed by atoms with Crippen molar-refractivity contribution in [1.29, 1.82) is 0 Å². The highest BCUT2D eigenvalue weighted by molar-refractivity contribution is 7.18. The van der Waals surface area contributed by atoms with Crippen LogP contribution in [0, 0.1) is 13.8 Å². The van der Waals surface area contributed by atoms with Gasteiger partial charge in [0.25, 0.3) is 0 Å². The molecule has 0 aliphatic carbocycles. The predicted octanol–water partition coefficient (Wildman–Crippen LogP) is 3.48. The summed E-state index contributed by atoms with van der Waals surface area (Å²) in [6.07, 6.45) is -2.49. The van der Waals surface area contributed by atoms with Gasteiger partial charge < -0.3 is 19.3 Å². The van der Waals surface area contributed by atoms with E-state index < -0.39 is 36.7 Å². The fourth-order valence-electron chi connectivity index (χ4n) is 4.64. The van der Waals surface area contributed by atoms with Gasteiger partial charge in [-0.05, 0) is 25.4 Å². The summed E-state index contributed by atoms with van der Waals surface area (Å²) < 4.78 is 20.8. The van der Waals surface area contributed by atoms with Gasteiger partial charge in [0.2, 0.25) is 0 Å². The summed E-state index contributed by atoms with van der Waals surface area (Å²) >= 11 is 1.53. The predicted molar refractivity (Wildman–Crippen MR) is 128 cm³/mol. The first kappa shape index (κ1) is 23.0. The van der Waals surface area contributed by atoms with Crippen LogP contribution in [0.2, 0.25) is 0 Å². The number of ether oxygens (including phenoxy) is 3. The van der Waals surface area contributed by atoms with Crippen molar-refractivity contribution in [2.45, 2.75) is 50.6 Å². The van der Waals surface area contributed by atoms with Crippen molar-refractivity contribution in [3.63, 3.8) is 0 Å². The van der Waals surface area contributed by atoms with Gasteiger partial charge in [-0.2, -0.15) is 5.10 Å². The normalized spacial score (nSPS) is 28.0. The molecule has 2 aliphatic rings. The van der Waals surface area contributed by atoms with Gasteiger partial charge >= 0.3 is 0 Å². The van der Waals surface area contributed by atoms with Gasteiger partial charge in [-0.3, -0.25) is 0 Å². The molecule has 3 unspecified atom stereocenters. The largest absolute Gasteiger partial charge is 0.389 e. The van der Waals surface area contributed by atoms with E-state index in [0.717, 1.165) is 15.3 Å². The number of thiazole rings is 1. The molecule has 0 saturated carbocycles. The number of aryl methyl sites for hydroxylation is 2. The molecule has 13 heteroatoms. The molecule has 0 amide bonds. The molecule has 0 radical (unpaired) electrons. The molecule has 2 fully saturated rings. The van der Waals surface area contributed by atoms with E-state index in [9.17, 15) is 10.6 Å². The van der Waals surface area contributed by atoms with Crippen molar-refractivity contribution in [2.24, 2.45) is 5.11 Å². The number of aliphatic hydroxyl groups is 1. The first-order valence-corrected chi connectivity index (χ1v) is 12.2. The standard InChI is InChI=1S/C23H22N8O4S/c1-11-26-22(31(29-11)14-8-16-21(25-9-14)27-12(2)36-16)20-18(32)17(28-30-24)19-15(34-20)10-33-23(35-19)13-6-4-3-5-7-13/h3-9,15,17-20,23,32H,10H2,1-2H3/t15?,17-,18?,19+,20-,23?/m1/s1. The van der Waals surface area contributed by atoms with E-state index in [2.05, 4.69) is 30.1 Å². The quantitative estimate of drug-likeness (QED) is 0.251. The lowest BCUT2D eigenvalue weighted by Crippen LogP contribution is -2.58. The molecule has 1 aromatic carbocycles. The molecule has 4 aromatic rings. The Hall–Kier alpha value is -3.45. The first-order valence-electron chi connectivity index (χ1n) is 11.4. The summed E-state index contributed by atoms with van der Waals surface area (Å²) in [7, 11) is 0. The maximum Gasteiger partial charge on any atom is 0.184 e. The van der Waals surface area contributed by atoms with Crippen LogP contribution in [0.5, 0.6) is 0 Å². The second kappa shape index (κ2) is 9.21. The topological polar surface area (TPSA) is 153 Å². The summed E-state index contributed by atoms with van der Waals surface area (Å²) in [5.41, 5.74) is 11.4. The Kier molecular flexibility index (Phi) is 5.88. The minimum absolute atomic E-state index is 0.186. The maximum atomic E-state index is 11.3. The second-order valence-corrected chi connectivity index (χ2v) is 9.87. The Labute approximate surface area is 209 Å². The zero-order valence-electron chi connectivity index (χ0n) is 19.4. The lowest BCUT2D eigenvalue weighted by Gasteiger charge is -2.46. The molecule has 0 spiro atoms. The Morgan fingerprint density at radius 3 is 2.83 bits per heavy atom. The van der Waals surface area contributed by atoms with Gasteiger partial charge in [-0.25, -0.2) is 19.6 Å². The van der Waals surface area contributed by atoms with Crippen molar-refractivity contribution in [2.75, 3.05) is 6.61 Å². The number of fused-ring (bicyclic) bond motifs is 2. The van der Waals surface area contributed by atoms with Crippen LogP contribution in [-0.2, 0) is 14.2 Å². The Morgan fingerprint density at radius 2 is 2.03 bits per heavy atom.